The molecule has 8 rings (SSSR count). The Hall–Kier alpha value is -6.75. The fraction of sp³-hybridized carbons (Fsp3) is 0.623. The fourth-order valence-corrected chi connectivity index (χ4v) is 10.9. The van der Waals surface area contributed by atoms with E-state index in [0.717, 1.165) is 24.0 Å². The highest BCUT2D eigenvalue weighted by molar-refractivity contribution is 6.06. The van der Waals surface area contributed by atoms with E-state index in [-0.39, 0.29) is 91.9 Å². The summed E-state index contributed by atoms with van der Waals surface area (Å²) >= 11 is 0. The molecule has 1 saturated heterocycles. The number of nitrogens with one attached hydrogen (secondary N) is 4. The quantitative estimate of drug-likeness (QED) is 0.0246. The molecule has 2 fully saturated rings. The number of amides is 6. The highest BCUT2D eigenvalue weighted by atomic mass is 16.6. The maximum absolute atomic E-state index is 13.8. The van der Waals surface area contributed by atoms with Crippen molar-refractivity contribution in [3.8, 4) is 17.1 Å². The lowest BCUT2D eigenvalue weighted by molar-refractivity contribution is -0.172. The van der Waals surface area contributed by atoms with Crippen LogP contribution in [0.3, 0.4) is 0 Å². The van der Waals surface area contributed by atoms with Gasteiger partial charge in [-0.25, -0.2) is 9.78 Å². The Morgan fingerprint density at radius 1 is 0.770 bits per heavy atom. The van der Waals surface area contributed by atoms with Crippen molar-refractivity contribution in [2.45, 2.75) is 110 Å². The summed E-state index contributed by atoms with van der Waals surface area (Å²) in [6, 6.07) is 3.02. The van der Waals surface area contributed by atoms with Crippen molar-refractivity contribution in [1.29, 1.82) is 0 Å². The summed E-state index contributed by atoms with van der Waals surface area (Å²) in [7, 11) is 0. The van der Waals surface area contributed by atoms with Gasteiger partial charge in [-0.2, -0.15) is 0 Å². The monoisotopic (exact) mass is 1220 g/mol. The summed E-state index contributed by atoms with van der Waals surface area (Å²) in [5, 5.41) is 23.1. The van der Waals surface area contributed by atoms with Gasteiger partial charge >= 0.3 is 5.97 Å². The van der Waals surface area contributed by atoms with E-state index in [1.807, 2.05) is 0 Å². The van der Waals surface area contributed by atoms with Crippen LogP contribution in [0.5, 0.6) is 5.75 Å². The van der Waals surface area contributed by atoms with Crippen LogP contribution in [-0.4, -0.2) is 192 Å². The molecule has 5 aliphatic rings. The second-order valence-electron chi connectivity index (χ2n) is 22.1. The number of carbonyl (C=O) groups excluding carboxylic acids is 7. The van der Waals surface area contributed by atoms with Crippen molar-refractivity contribution >= 4 is 64.1 Å². The molecule has 1 aliphatic carbocycles. The Kier molecular flexibility index (Phi) is 24.2. The summed E-state index contributed by atoms with van der Waals surface area (Å²) in [6.07, 6.45) is 5.17. The first-order valence-corrected chi connectivity index (χ1v) is 30.1. The lowest BCUT2D eigenvalue weighted by Gasteiger charge is -2.31. The minimum Gasteiger partial charge on any atom is -0.462 e. The molecule has 2 aromatic heterocycles. The van der Waals surface area contributed by atoms with Crippen LogP contribution in [0.2, 0.25) is 0 Å². The highest BCUT2D eigenvalue weighted by Gasteiger charge is 2.46. The summed E-state index contributed by atoms with van der Waals surface area (Å²) in [5.41, 5.74) is 1.32. The number of nitrogens with zero attached hydrogens (tertiary/aromatic N) is 3. The molecule has 26 heteroatoms. The molecule has 5 N–H and O–H groups in total. The number of aromatic nitrogens is 2. The molecular formula is C61H83N7O19. The number of cyclic esters (lactones) is 1. The number of pyridine rings is 2. The van der Waals surface area contributed by atoms with Gasteiger partial charge in [0.2, 0.25) is 35.4 Å². The Bertz CT molecular complexity index is 3060. The summed E-state index contributed by atoms with van der Waals surface area (Å²) in [6.45, 7) is 13.2. The molecular weight excluding hydrogens is 1130 g/mol. The molecule has 476 valence electrons. The lowest BCUT2D eigenvalue weighted by atomic mass is 9.81. The Morgan fingerprint density at radius 2 is 1.37 bits per heavy atom. The zero-order valence-corrected chi connectivity index (χ0v) is 50.1. The third-order valence-corrected chi connectivity index (χ3v) is 15.8. The van der Waals surface area contributed by atoms with E-state index in [2.05, 4.69) is 21.3 Å². The van der Waals surface area contributed by atoms with E-state index in [0.29, 0.717) is 152 Å². The maximum atomic E-state index is 13.8. The molecule has 0 bridgehead atoms. The number of fused-ring (bicyclic) bond motifs is 5. The number of imide groups is 1. The first-order valence-electron chi connectivity index (χ1n) is 30.6. The molecule has 3 aromatic rings. The van der Waals surface area contributed by atoms with Crippen molar-refractivity contribution in [2.75, 3.05) is 124 Å². The van der Waals surface area contributed by atoms with Crippen LogP contribution in [0.25, 0.3) is 28.4 Å². The smallest absolute Gasteiger partial charge is 0.343 e. The van der Waals surface area contributed by atoms with Gasteiger partial charge in [-0.05, 0) is 80.7 Å². The number of hydrogen-bond acceptors (Lipinski definition) is 20. The van der Waals surface area contributed by atoms with Crippen molar-refractivity contribution in [2.24, 2.45) is 17.8 Å². The number of esters is 1. The summed E-state index contributed by atoms with van der Waals surface area (Å²) in [4.78, 5) is 109. The number of ether oxygens (including phenoxy) is 10. The minimum absolute atomic E-state index is 0.00279. The number of carbonyl (C=O) groups is 7. The van der Waals surface area contributed by atoms with Gasteiger partial charge in [0.1, 0.15) is 18.7 Å². The van der Waals surface area contributed by atoms with E-state index < -0.39 is 53.7 Å². The highest BCUT2D eigenvalue weighted by Crippen LogP contribution is 2.45. The molecule has 4 atom stereocenters. The Balaban J connectivity index is 0.591. The number of likely N-dealkylation sites (tertiary alicyclic amines) is 1. The normalized spacial score (nSPS) is 20.1. The molecule has 4 aliphatic heterocycles. The number of benzene rings is 1. The Labute approximate surface area is 506 Å². The van der Waals surface area contributed by atoms with E-state index >= 15 is 0 Å². The van der Waals surface area contributed by atoms with Crippen LogP contribution in [0.1, 0.15) is 103 Å². The molecule has 87 heavy (non-hydrogen) atoms. The molecule has 6 amide bonds. The summed E-state index contributed by atoms with van der Waals surface area (Å²) < 4.78 is 64.7. The van der Waals surface area contributed by atoms with Crippen molar-refractivity contribution in [3.05, 3.63) is 57.1 Å². The standard InChI is InChI=1S/C61H83N7O19/c1-5-61(77)45-34-48-54-43(36-67(48)59(75)44(45)37-87-60(61)76)42-14-18-86-55-47(11-10-46(64-54)52(42)55)65-56(72)39(4)63-58(74)53(38(2)3)66-49(69)15-17-78-20-22-80-24-26-82-28-30-84-32-33-85-31-29-83-27-25-81-23-21-79-19-16-62-57(73)41-8-6-40(7-9-41)35-68-50(70)12-13-51(68)71/h10-11,14,18,34,38-41,53,77H,5-9,12-13,15-17,19-33,35-37H2,1-4H3,(H,62,73)(H,63,74)(H,65,72)(H,66,69)/t39-,40?,41?,53-,61-/m0/s1/i12T/t12?,39-,40?,41?,53-,61-. The van der Waals surface area contributed by atoms with Crippen molar-refractivity contribution < 1.29 is 87.4 Å². The molecule has 1 aromatic carbocycles. The van der Waals surface area contributed by atoms with Gasteiger partial charge in [-0.15, -0.1) is 0 Å². The summed E-state index contributed by atoms with van der Waals surface area (Å²) in [5.74, 6) is -2.89. The van der Waals surface area contributed by atoms with E-state index in [4.69, 9.17) is 53.7 Å². The first kappa shape index (κ1) is 64.7. The van der Waals surface area contributed by atoms with Crippen molar-refractivity contribution in [3.63, 3.8) is 0 Å². The fourth-order valence-electron chi connectivity index (χ4n) is 10.9. The molecule has 0 spiro atoms. The topological polar surface area (TPSA) is 318 Å². The van der Waals surface area contributed by atoms with Crippen LogP contribution in [0.15, 0.2) is 29.3 Å². The zero-order chi connectivity index (χ0) is 62.7. The molecule has 1 saturated carbocycles. The van der Waals surface area contributed by atoms with Gasteiger partial charge in [0.15, 0.2) is 11.4 Å². The van der Waals surface area contributed by atoms with Gasteiger partial charge in [-0.3, -0.25) is 38.5 Å². The van der Waals surface area contributed by atoms with Gasteiger partial charge in [0.05, 0.1) is 152 Å². The first-order chi connectivity index (χ1) is 42.5. The van der Waals surface area contributed by atoms with E-state index in [1.54, 1.807) is 49.6 Å². The predicted octanol–water partition coefficient (Wildman–Crippen LogP) is 2.62. The van der Waals surface area contributed by atoms with Gasteiger partial charge in [0.25, 0.3) is 5.56 Å². The van der Waals surface area contributed by atoms with Crippen LogP contribution in [0, 0.1) is 17.8 Å². The van der Waals surface area contributed by atoms with Gasteiger partial charge in [-0.1, -0.05) is 20.8 Å². The Morgan fingerprint density at radius 3 is 1.94 bits per heavy atom. The predicted molar refractivity (Wildman–Crippen MR) is 313 cm³/mol. The third-order valence-electron chi connectivity index (χ3n) is 15.8. The SMILES string of the molecule is [3H]C1CC(=O)N(CC2CCC(C(=O)NCCOCCOCCOCCOCCOCCOCCOCCOCCC(=O)N[C@H](C(=O)N[C@@H](C)C(=O)Nc3ccc4nc5c(c6c4c3OC=C6)Cn3c-5cc4c(c3=O)COC(=O)[C@]4(O)CC)C(C)C)CC2)C1=O. The molecule has 0 radical (unpaired) electrons. The minimum atomic E-state index is -1.96. The second-order valence-corrected chi connectivity index (χ2v) is 22.1. The number of aliphatic hydroxyl groups is 1. The third kappa shape index (κ3) is 17.3. The zero-order valence-electron chi connectivity index (χ0n) is 51.1. The maximum Gasteiger partial charge on any atom is 0.343 e. The van der Waals surface area contributed by atoms with Gasteiger partial charge < -0.3 is 78.3 Å². The van der Waals surface area contributed by atoms with Gasteiger partial charge in [0, 0.05) is 50.7 Å². The second kappa shape index (κ2) is 32.5. The number of anilines is 1. The van der Waals surface area contributed by atoms with Crippen LogP contribution in [0.4, 0.5) is 5.69 Å². The number of rotatable bonds is 37. The lowest BCUT2D eigenvalue weighted by Crippen LogP contribution is -2.53. The molecule has 1 unspecified atom stereocenters. The van der Waals surface area contributed by atoms with Crippen molar-refractivity contribution in [1.82, 2.24) is 30.4 Å². The average molecular weight is 1220 g/mol. The van der Waals surface area contributed by atoms with E-state index in [9.17, 15) is 43.5 Å². The molecule has 26 nitrogen and oxygen atoms in total. The molecule has 6 heterocycles. The van der Waals surface area contributed by atoms with Crippen LogP contribution >= 0.6 is 0 Å². The van der Waals surface area contributed by atoms with Crippen LogP contribution in [-0.2, 0) is 94.9 Å². The van der Waals surface area contributed by atoms with Crippen LogP contribution < -0.4 is 31.6 Å². The number of hydrogen-bond donors (Lipinski definition) is 5. The average Bonchev–Trinajstić information content (AvgIpc) is 2.25. The van der Waals surface area contributed by atoms with E-state index in [1.165, 1.54) is 18.1 Å². The largest absolute Gasteiger partial charge is 0.462 e.